The van der Waals surface area contributed by atoms with Gasteiger partial charge in [-0.3, -0.25) is 4.79 Å². The molecule has 1 aromatic heterocycles. The van der Waals surface area contributed by atoms with Gasteiger partial charge >= 0.3 is 0 Å². The summed E-state index contributed by atoms with van der Waals surface area (Å²) < 4.78 is 14.9. The third kappa shape index (κ3) is 3.86. The molecule has 0 unspecified atom stereocenters. The van der Waals surface area contributed by atoms with Crippen LogP contribution in [0.4, 0.5) is 4.39 Å². The molecule has 1 aliphatic heterocycles. The zero-order valence-electron chi connectivity index (χ0n) is 14.8. The summed E-state index contributed by atoms with van der Waals surface area (Å²) in [5.41, 5.74) is 0.799. The largest absolute Gasteiger partial charge is 0.337 e. The van der Waals surface area contributed by atoms with Gasteiger partial charge in [0.15, 0.2) is 11.0 Å². The van der Waals surface area contributed by atoms with E-state index in [1.165, 1.54) is 30.3 Å². The Morgan fingerprint density at radius 1 is 1.20 bits per heavy atom. The summed E-state index contributed by atoms with van der Waals surface area (Å²) in [7, 11) is 1.86. The van der Waals surface area contributed by atoms with E-state index in [9.17, 15) is 9.18 Å². The van der Waals surface area contributed by atoms with Crippen molar-refractivity contribution in [2.24, 2.45) is 7.05 Å². The van der Waals surface area contributed by atoms with Crippen LogP contribution >= 0.6 is 11.8 Å². The highest BCUT2D eigenvalue weighted by molar-refractivity contribution is 7.99. The van der Waals surface area contributed by atoms with Crippen molar-refractivity contribution in [2.75, 3.05) is 5.75 Å². The maximum atomic E-state index is 13.1. The summed E-state index contributed by atoms with van der Waals surface area (Å²) in [5.74, 6) is 0.880. The van der Waals surface area contributed by atoms with E-state index in [4.69, 9.17) is 0 Å². The van der Waals surface area contributed by atoms with Crippen molar-refractivity contribution in [1.29, 1.82) is 0 Å². The molecule has 2 atom stereocenters. The van der Waals surface area contributed by atoms with E-state index in [2.05, 4.69) is 24.0 Å². The summed E-state index contributed by atoms with van der Waals surface area (Å²) >= 11 is 1.40. The van der Waals surface area contributed by atoms with E-state index < -0.39 is 0 Å². The topological polar surface area (TPSA) is 51.0 Å². The first-order valence-electron chi connectivity index (χ1n) is 8.56. The van der Waals surface area contributed by atoms with E-state index in [-0.39, 0.29) is 11.7 Å². The number of halogens is 1. The van der Waals surface area contributed by atoms with Crippen LogP contribution in [0.2, 0.25) is 0 Å². The van der Waals surface area contributed by atoms with E-state index in [1.54, 1.807) is 12.1 Å². The highest BCUT2D eigenvalue weighted by Crippen LogP contribution is 2.26. The van der Waals surface area contributed by atoms with E-state index in [0.29, 0.717) is 28.8 Å². The van der Waals surface area contributed by atoms with Crippen LogP contribution < -0.4 is 0 Å². The number of piperidine rings is 1. The van der Waals surface area contributed by atoms with E-state index >= 15 is 0 Å². The molecule has 1 saturated heterocycles. The number of thioether (sulfide) groups is 1. The second-order valence-corrected chi connectivity index (χ2v) is 7.53. The zero-order valence-corrected chi connectivity index (χ0v) is 15.6. The van der Waals surface area contributed by atoms with Crippen LogP contribution in [-0.2, 0) is 11.8 Å². The molecule has 2 aromatic rings. The van der Waals surface area contributed by atoms with Gasteiger partial charge in [-0.25, -0.2) is 4.39 Å². The molecule has 2 heterocycles. The molecule has 0 bridgehead atoms. The molecule has 1 aromatic carbocycles. The second kappa shape index (κ2) is 7.56. The van der Waals surface area contributed by atoms with Gasteiger partial charge in [-0.2, -0.15) is 0 Å². The van der Waals surface area contributed by atoms with Gasteiger partial charge in [0.25, 0.3) is 0 Å². The Bertz CT molecular complexity index is 736. The van der Waals surface area contributed by atoms with Gasteiger partial charge in [0.05, 0.1) is 5.75 Å². The van der Waals surface area contributed by atoms with Gasteiger partial charge in [-0.1, -0.05) is 11.8 Å². The first-order chi connectivity index (χ1) is 12.0. The van der Waals surface area contributed by atoms with Crippen LogP contribution in [-0.4, -0.2) is 43.4 Å². The Morgan fingerprint density at radius 3 is 2.48 bits per heavy atom. The van der Waals surface area contributed by atoms with Crippen LogP contribution in [0.1, 0.15) is 33.1 Å². The maximum Gasteiger partial charge on any atom is 0.233 e. The Hall–Kier alpha value is -1.89. The predicted octanol–water partition coefficient (Wildman–Crippen LogP) is 3.50. The van der Waals surface area contributed by atoms with Gasteiger partial charge in [0, 0.05) is 24.7 Å². The molecule has 1 fully saturated rings. The molecule has 1 aliphatic rings. The maximum absolute atomic E-state index is 13.1. The van der Waals surface area contributed by atoms with Crippen molar-refractivity contribution in [3.63, 3.8) is 0 Å². The van der Waals surface area contributed by atoms with Crippen molar-refractivity contribution in [3.8, 4) is 11.4 Å². The average Bonchev–Trinajstić information content (AvgIpc) is 2.94. The molecule has 134 valence electrons. The number of hydrogen-bond acceptors (Lipinski definition) is 4. The molecule has 25 heavy (non-hydrogen) atoms. The van der Waals surface area contributed by atoms with Crippen LogP contribution in [0.3, 0.4) is 0 Å². The van der Waals surface area contributed by atoms with Crippen molar-refractivity contribution in [2.45, 2.75) is 50.4 Å². The minimum atomic E-state index is -0.282. The van der Waals surface area contributed by atoms with Crippen molar-refractivity contribution in [3.05, 3.63) is 30.1 Å². The van der Waals surface area contributed by atoms with E-state index in [1.807, 2.05) is 16.5 Å². The van der Waals surface area contributed by atoms with Gasteiger partial charge in [0.1, 0.15) is 5.82 Å². The SMILES string of the molecule is C[C@@H]1CCC[C@@H](C)N1C(=O)CSc1nnc(-c2ccc(F)cc2)n1C. The monoisotopic (exact) mass is 362 g/mol. The summed E-state index contributed by atoms with van der Waals surface area (Å²) in [6, 6.07) is 6.75. The molecular weight excluding hydrogens is 339 g/mol. The number of carbonyl (C=O) groups is 1. The summed E-state index contributed by atoms with van der Waals surface area (Å²) in [6.45, 7) is 4.24. The molecular formula is C18H23FN4OS. The molecule has 5 nitrogen and oxygen atoms in total. The Morgan fingerprint density at radius 2 is 1.84 bits per heavy atom. The molecule has 3 rings (SSSR count). The van der Waals surface area contributed by atoms with Crippen molar-refractivity contribution < 1.29 is 9.18 Å². The van der Waals surface area contributed by atoms with Gasteiger partial charge in [0.2, 0.25) is 5.91 Å². The summed E-state index contributed by atoms with van der Waals surface area (Å²) in [4.78, 5) is 14.6. The fourth-order valence-electron chi connectivity index (χ4n) is 3.40. The van der Waals surface area contributed by atoms with Crippen molar-refractivity contribution in [1.82, 2.24) is 19.7 Å². The smallest absolute Gasteiger partial charge is 0.233 e. The van der Waals surface area contributed by atoms with Crippen LogP contribution in [0.15, 0.2) is 29.4 Å². The summed E-state index contributed by atoms with van der Waals surface area (Å²) in [6.07, 6.45) is 3.32. The first kappa shape index (κ1) is 17.9. The van der Waals surface area contributed by atoms with E-state index in [0.717, 1.165) is 18.4 Å². The highest BCUT2D eigenvalue weighted by Gasteiger charge is 2.29. The predicted molar refractivity (Wildman–Crippen MR) is 96.7 cm³/mol. The molecule has 7 heteroatoms. The Kier molecular flexibility index (Phi) is 5.42. The quantitative estimate of drug-likeness (QED) is 0.781. The fraction of sp³-hybridized carbons (Fsp3) is 0.500. The lowest BCUT2D eigenvalue weighted by Crippen LogP contribution is -2.48. The Balaban J connectivity index is 1.68. The fourth-order valence-corrected chi connectivity index (χ4v) is 4.18. The zero-order chi connectivity index (χ0) is 18.0. The lowest BCUT2D eigenvalue weighted by molar-refractivity contribution is -0.134. The number of aromatic nitrogens is 3. The molecule has 0 aliphatic carbocycles. The second-order valence-electron chi connectivity index (χ2n) is 6.59. The third-order valence-electron chi connectivity index (χ3n) is 4.74. The molecule has 0 N–H and O–H groups in total. The van der Waals surface area contributed by atoms with Crippen LogP contribution in [0.25, 0.3) is 11.4 Å². The van der Waals surface area contributed by atoms with Crippen LogP contribution in [0.5, 0.6) is 0 Å². The number of likely N-dealkylation sites (tertiary alicyclic amines) is 1. The number of amides is 1. The lowest BCUT2D eigenvalue weighted by atomic mass is 9.98. The minimum absolute atomic E-state index is 0.149. The summed E-state index contributed by atoms with van der Waals surface area (Å²) in [5, 5.41) is 9.05. The minimum Gasteiger partial charge on any atom is -0.337 e. The number of rotatable bonds is 4. The average molecular weight is 362 g/mol. The van der Waals surface area contributed by atoms with Gasteiger partial charge in [-0.05, 0) is 57.4 Å². The Labute approximate surface area is 151 Å². The molecule has 1 amide bonds. The molecule has 0 saturated carbocycles. The van der Waals surface area contributed by atoms with Gasteiger partial charge < -0.3 is 9.47 Å². The number of benzene rings is 1. The standard InChI is InChI=1S/C18H23FN4OS/c1-12-5-4-6-13(2)23(12)16(24)11-25-18-21-20-17(22(18)3)14-7-9-15(19)10-8-14/h7-10,12-13H,4-6,11H2,1-3H3/t12-,13-/m1/s1. The van der Waals surface area contributed by atoms with Crippen molar-refractivity contribution >= 4 is 17.7 Å². The first-order valence-corrected chi connectivity index (χ1v) is 9.55. The number of nitrogens with zero attached hydrogens (tertiary/aromatic N) is 4. The number of carbonyl (C=O) groups excluding carboxylic acids is 1. The lowest BCUT2D eigenvalue weighted by Gasteiger charge is -2.39. The number of hydrogen-bond donors (Lipinski definition) is 0. The normalized spacial score (nSPS) is 20.7. The van der Waals surface area contributed by atoms with Crippen LogP contribution in [0, 0.1) is 5.82 Å². The molecule has 0 spiro atoms. The highest BCUT2D eigenvalue weighted by atomic mass is 32.2. The third-order valence-corrected chi connectivity index (χ3v) is 5.75. The molecule has 0 radical (unpaired) electrons. The van der Waals surface area contributed by atoms with Gasteiger partial charge in [-0.15, -0.1) is 10.2 Å².